The van der Waals surface area contributed by atoms with E-state index in [2.05, 4.69) is 6.92 Å². The normalized spacial score (nSPS) is 56.3. The van der Waals surface area contributed by atoms with E-state index in [1.54, 1.807) is 13.8 Å². The zero-order valence-corrected chi connectivity index (χ0v) is 42.9. The molecule has 9 aliphatic rings. The highest BCUT2D eigenvalue weighted by Gasteiger charge is 2.83. The van der Waals surface area contributed by atoms with Crippen molar-refractivity contribution in [1.82, 2.24) is 0 Å². The van der Waals surface area contributed by atoms with Crippen LogP contribution in [0.4, 0.5) is 0 Å². The summed E-state index contributed by atoms with van der Waals surface area (Å²) in [5, 5.41) is 176. The molecule has 0 bridgehead atoms. The maximum absolute atomic E-state index is 13.1. The van der Waals surface area contributed by atoms with E-state index < -0.39 is 195 Å². The maximum Gasteiger partial charge on any atom is 0.187 e. The van der Waals surface area contributed by atoms with E-state index in [9.17, 15) is 81.7 Å². The molecule has 25 heteroatoms. The molecule has 0 aromatic heterocycles. The molecule has 0 radical (unpaired) electrons. The molecule has 16 N–H and O–H groups in total. The molecule has 31 atom stereocenters. The van der Waals surface area contributed by atoms with Crippen molar-refractivity contribution in [1.29, 1.82) is 0 Å². The van der Waals surface area contributed by atoms with E-state index in [-0.39, 0.29) is 37.7 Å². The molecule has 25 nitrogen and oxygen atoms in total. The van der Waals surface area contributed by atoms with Gasteiger partial charge in [0.2, 0.25) is 0 Å². The summed E-state index contributed by atoms with van der Waals surface area (Å²) in [6.45, 7) is 6.86. The molecule has 5 saturated heterocycles. The van der Waals surface area contributed by atoms with Crippen LogP contribution < -0.4 is 0 Å². The minimum atomic E-state index is -1.88. The van der Waals surface area contributed by atoms with Crippen LogP contribution in [0.15, 0.2) is 11.6 Å². The van der Waals surface area contributed by atoms with Crippen molar-refractivity contribution >= 4 is 0 Å². The smallest absolute Gasteiger partial charge is 0.187 e. The number of allylic oxidation sites excluding steroid dienone is 1. The van der Waals surface area contributed by atoms with Crippen molar-refractivity contribution in [2.24, 2.45) is 34.5 Å². The second-order valence-corrected chi connectivity index (χ2v) is 23.7. The van der Waals surface area contributed by atoms with Crippen molar-refractivity contribution in [2.45, 2.75) is 238 Å². The van der Waals surface area contributed by atoms with Crippen LogP contribution in [0, 0.1) is 34.5 Å². The largest absolute Gasteiger partial charge is 0.394 e. The van der Waals surface area contributed by atoms with Gasteiger partial charge in [-0.3, -0.25) is 0 Å². The molecule has 9 rings (SSSR count). The molecule has 0 aromatic rings. The maximum atomic E-state index is 13.1. The number of aliphatic hydroxyl groups is 16. The number of rotatable bonds is 14. The monoisotopic (exact) mass is 1080 g/mol. The summed E-state index contributed by atoms with van der Waals surface area (Å²) in [5.74, 6) is -3.89. The molecular formula is C50H82O25. The van der Waals surface area contributed by atoms with E-state index in [0.29, 0.717) is 32.1 Å². The number of ether oxygens (including phenoxy) is 9. The first-order valence-corrected chi connectivity index (χ1v) is 26.6. The molecule has 5 heterocycles. The molecule has 4 aliphatic carbocycles. The minimum absolute atomic E-state index is 0.00424. The van der Waals surface area contributed by atoms with Crippen LogP contribution in [-0.4, -0.2) is 260 Å². The van der Waals surface area contributed by atoms with Gasteiger partial charge in [-0.1, -0.05) is 39.3 Å². The number of hydrogen-bond donors (Lipinski definition) is 16. The summed E-state index contributed by atoms with van der Waals surface area (Å²) >= 11 is 0. The summed E-state index contributed by atoms with van der Waals surface area (Å²) in [6.07, 6.45) is -28.0. The predicted molar refractivity (Wildman–Crippen MR) is 248 cm³/mol. The van der Waals surface area contributed by atoms with Gasteiger partial charge >= 0.3 is 0 Å². The van der Waals surface area contributed by atoms with Crippen LogP contribution in [-0.2, 0) is 42.6 Å². The Balaban J connectivity index is 0.883. The van der Waals surface area contributed by atoms with E-state index in [0.717, 1.165) is 5.57 Å². The van der Waals surface area contributed by atoms with Crippen molar-refractivity contribution in [2.75, 3.05) is 26.4 Å². The van der Waals surface area contributed by atoms with Crippen molar-refractivity contribution in [3.8, 4) is 0 Å². The standard InChI is InChI=1S/C50H82O25/c1-19(17-67-42-37(61)35(59)33(57)27(15-51)71-42)8-11-49(65)21(3)50(66)30(75-49)14-48(64)24-7-6-22-12-23(9-10-46(22,4)25(24)13-29(54)47(48,50)5)70-45-41(74-44-38(62)34(58)31(55)20(2)69-44)39(63)40(28(16-52)72-45)73-43-36(60)32(56)26(53)18-68-43/h6,19-21,23-45,51-66H,7-18H2,1-5H3. The third kappa shape index (κ3) is 9.50. The highest BCUT2D eigenvalue weighted by Crippen LogP contribution is 2.73. The number of aliphatic hydroxyl groups excluding tert-OH is 13. The molecule has 0 aromatic carbocycles. The van der Waals surface area contributed by atoms with E-state index in [1.807, 2.05) is 13.0 Å². The summed E-state index contributed by atoms with van der Waals surface area (Å²) < 4.78 is 53.5. The predicted octanol–water partition coefficient (Wildman–Crippen LogP) is -5.17. The zero-order chi connectivity index (χ0) is 54.6. The quantitative estimate of drug-likeness (QED) is 0.0723. The van der Waals surface area contributed by atoms with Crippen molar-refractivity contribution < 1.29 is 124 Å². The van der Waals surface area contributed by atoms with Gasteiger partial charge in [0, 0.05) is 18.8 Å². The number of fused-ring (bicyclic) bond motifs is 7. The highest BCUT2D eigenvalue weighted by atomic mass is 16.8. The first-order chi connectivity index (χ1) is 35.2. The van der Waals surface area contributed by atoms with Gasteiger partial charge in [0.1, 0.15) is 91.1 Å². The van der Waals surface area contributed by atoms with E-state index in [4.69, 9.17) is 42.6 Å². The summed E-state index contributed by atoms with van der Waals surface area (Å²) in [4.78, 5) is 0. The molecule has 432 valence electrons. The average molecular weight is 1080 g/mol. The Bertz CT molecular complexity index is 2010. The second-order valence-electron chi connectivity index (χ2n) is 23.7. The first kappa shape index (κ1) is 58.4. The molecule has 8 fully saturated rings. The van der Waals surface area contributed by atoms with Gasteiger partial charge in [-0.05, 0) is 68.6 Å². The Morgan fingerprint density at radius 2 is 1.33 bits per heavy atom. The third-order valence-electron chi connectivity index (χ3n) is 19.6. The lowest BCUT2D eigenvalue weighted by atomic mass is 9.43. The SMILES string of the molecule is CC(CCC1(O)OC2CC3(O)C4CC=C5CC(OC6OC(CO)C(OC7OCC(O)C(O)C7O)C(O)C6OC6OC(C)C(O)C(O)C6O)CCC5(C)C4CC(O)C3(C)C2(O)C1C)COC1OC(CO)C(O)C(O)C1O. The van der Waals surface area contributed by atoms with Crippen molar-refractivity contribution in [3.05, 3.63) is 11.6 Å². The van der Waals surface area contributed by atoms with Crippen LogP contribution in [0.3, 0.4) is 0 Å². The summed E-state index contributed by atoms with van der Waals surface area (Å²) in [5.41, 5.74) is -4.72. The van der Waals surface area contributed by atoms with Crippen molar-refractivity contribution in [3.63, 3.8) is 0 Å². The fraction of sp³-hybridized carbons (Fsp3) is 0.960. The molecule has 5 aliphatic heterocycles. The van der Waals surface area contributed by atoms with Gasteiger partial charge in [0.25, 0.3) is 0 Å². The van der Waals surface area contributed by atoms with Crippen LogP contribution in [0.5, 0.6) is 0 Å². The van der Waals surface area contributed by atoms with Gasteiger partial charge in [-0.15, -0.1) is 0 Å². The Labute approximate surface area is 434 Å². The first-order valence-electron chi connectivity index (χ1n) is 26.6. The summed E-state index contributed by atoms with van der Waals surface area (Å²) in [6, 6.07) is 0. The fourth-order valence-corrected chi connectivity index (χ4v) is 14.6. The number of hydrogen-bond acceptors (Lipinski definition) is 25. The molecule has 75 heavy (non-hydrogen) atoms. The van der Waals surface area contributed by atoms with Crippen LogP contribution in [0.2, 0.25) is 0 Å². The second kappa shape index (κ2) is 21.6. The van der Waals surface area contributed by atoms with Crippen LogP contribution in [0.25, 0.3) is 0 Å². The molecule has 0 spiro atoms. The topological polar surface area (TPSA) is 407 Å². The molecular weight excluding hydrogens is 1000 g/mol. The average Bonchev–Trinajstić information content (AvgIpc) is 3.69. The lowest BCUT2D eigenvalue weighted by molar-refractivity contribution is -0.386. The fourth-order valence-electron chi connectivity index (χ4n) is 14.6. The summed E-state index contributed by atoms with van der Waals surface area (Å²) in [7, 11) is 0. The third-order valence-corrected chi connectivity index (χ3v) is 19.6. The van der Waals surface area contributed by atoms with Crippen LogP contribution in [0.1, 0.15) is 86.0 Å². The molecule has 31 unspecified atom stereocenters. The van der Waals surface area contributed by atoms with E-state index >= 15 is 0 Å². The molecule has 0 amide bonds. The lowest BCUT2D eigenvalue weighted by Crippen LogP contribution is -2.71. The highest BCUT2D eigenvalue weighted by molar-refractivity contribution is 5.34. The minimum Gasteiger partial charge on any atom is -0.394 e. The van der Waals surface area contributed by atoms with Gasteiger partial charge in [0.15, 0.2) is 30.9 Å². The Morgan fingerprint density at radius 1 is 0.693 bits per heavy atom. The van der Waals surface area contributed by atoms with E-state index in [1.165, 1.54) is 6.92 Å². The zero-order valence-electron chi connectivity index (χ0n) is 42.9. The van der Waals surface area contributed by atoms with Gasteiger partial charge in [0.05, 0.1) is 61.9 Å². The van der Waals surface area contributed by atoms with Gasteiger partial charge in [-0.2, -0.15) is 0 Å². The van der Waals surface area contributed by atoms with Gasteiger partial charge in [-0.25, -0.2) is 0 Å². The Morgan fingerprint density at radius 3 is 2.03 bits per heavy atom. The molecule has 3 saturated carbocycles. The lowest BCUT2D eigenvalue weighted by Gasteiger charge is -2.64. The Hall–Kier alpha value is -1.26. The van der Waals surface area contributed by atoms with Crippen LogP contribution >= 0.6 is 0 Å². The Kier molecular flexibility index (Phi) is 16.8. The van der Waals surface area contributed by atoms with Gasteiger partial charge < -0.3 is 124 Å².